The van der Waals surface area contributed by atoms with E-state index >= 15 is 0 Å². The molecular weight excluding hydrogens is 244 g/mol. The van der Waals surface area contributed by atoms with E-state index in [-0.39, 0.29) is 6.61 Å². The van der Waals surface area contributed by atoms with Crippen LogP contribution in [0.25, 0.3) is 0 Å². The van der Waals surface area contributed by atoms with Gasteiger partial charge in [-0.2, -0.15) is 0 Å². The molecule has 0 heterocycles. The fraction of sp³-hybridized carbons (Fsp3) is 0.625. The first-order valence-electron chi connectivity index (χ1n) is 7.12. The lowest BCUT2D eigenvalue weighted by Crippen LogP contribution is -2.16. The highest BCUT2D eigenvalue weighted by Gasteiger charge is 2.40. The fourth-order valence-corrected chi connectivity index (χ4v) is 4.21. The Labute approximate surface area is 114 Å². The Morgan fingerprint density at radius 3 is 2.50 bits per heavy atom. The number of aliphatic hydroxyl groups excluding tert-OH is 1. The van der Waals surface area contributed by atoms with E-state index in [1.165, 1.54) is 31.2 Å². The second-order valence-corrected chi connectivity index (χ2v) is 6.54. The van der Waals surface area contributed by atoms with Gasteiger partial charge < -0.3 is 5.11 Å². The number of benzene rings is 1. The molecule has 1 N–H and O–H groups in total. The van der Waals surface area contributed by atoms with Gasteiger partial charge in [0.15, 0.2) is 0 Å². The normalized spacial score (nSPS) is 31.8. The van der Waals surface area contributed by atoms with Crippen LogP contribution in [0.3, 0.4) is 0 Å². The summed E-state index contributed by atoms with van der Waals surface area (Å²) in [6.07, 6.45) is 6.87. The second kappa shape index (κ2) is 5.22. The molecule has 1 aromatic rings. The molecule has 4 atom stereocenters. The van der Waals surface area contributed by atoms with Gasteiger partial charge in [0.1, 0.15) is 0 Å². The van der Waals surface area contributed by atoms with Crippen molar-refractivity contribution in [3.63, 3.8) is 0 Å². The van der Waals surface area contributed by atoms with E-state index in [9.17, 15) is 5.11 Å². The molecule has 3 rings (SSSR count). The van der Waals surface area contributed by atoms with Crippen LogP contribution in [0, 0.1) is 17.8 Å². The second-order valence-electron chi connectivity index (χ2n) is 6.10. The van der Waals surface area contributed by atoms with Gasteiger partial charge in [0.05, 0.1) is 0 Å². The van der Waals surface area contributed by atoms with Crippen LogP contribution in [0.4, 0.5) is 0 Å². The first-order chi connectivity index (χ1) is 8.76. The number of fused-ring (bicyclic) bond motifs is 2. The number of aliphatic hydroxyl groups is 1. The zero-order valence-corrected chi connectivity index (χ0v) is 11.4. The van der Waals surface area contributed by atoms with Gasteiger partial charge in [-0.1, -0.05) is 30.2 Å². The molecule has 0 aliphatic heterocycles. The highest BCUT2D eigenvalue weighted by Crippen LogP contribution is 2.51. The van der Waals surface area contributed by atoms with Crippen molar-refractivity contribution in [1.82, 2.24) is 0 Å². The summed E-state index contributed by atoms with van der Waals surface area (Å²) >= 11 is 5.92. The van der Waals surface area contributed by atoms with Crippen molar-refractivity contribution in [2.75, 3.05) is 6.61 Å². The molecule has 2 fully saturated rings. The third kappa shape index (κ3) is 2.44. The van der Waals surface area contributed by atoms with E-state index in [0.29, 0.717) is 5.92 Å². The Bertz CT molecular complexity index is 400. The van der Waals surface area contributed by atoms with Crippen LogP contribution in [-0.4, -0.2) is 11.7 Å². The molecule has 0 spiro atoms. The van der Waals surface area contributed by atoms with Gasteiger partial charge in [0.2, 0.25) is 0 Å². The van der Waals surface area contributed by atoms with E-state index in [1.54, 1.807) is 0 Å². The van der Waals surface area contributed by atoms with Crippen molar-refractivity contribution in [1.29, 1.82) is 0 Å². The average Bonchev–Trinajstić information content (AvgIpc) is 2.99. The summed E-state index contributed by atoms with van der Waals surface area (Å²) in [5.41, 5.74) is 1.24. The summed E-state index contributed by atoms with van der Waals surface area (Å²) < 4.78 is 0. The van der Waals surface area contributed by atoms with Crippen LogP contribution in [0.1, 0.15) is 43.6 Å². The van der Waals surface area contributed by atoms with Crippen molar-refractivity contribution in [3.8, 4) is 0 Å². The smallest absolute Gasteiger partial charge is 0.0499 e. The predicted octanol–water partition coefficient (Wildman–Crippen LogP) is 4.24. The summed E-state index contributed by atoms with van der Waals surface area (Å²) in [7, 11) is 0. The van der Waals surface area contributed by atoms with Gasteiger partial charge in [0.25, 0.3) is 0 Å². The van der Waals surface area contributed by atoms with Crippen LogP contribution in [0.5, 0.6) is 0 Å². The third-order valence-corrected chi connectivity index (χ3v) is 5.29. The molecule has 0 amide bonds. The molecule has 2 aliphatic carbocycles. The standard InChI is InChI=1S/C16H21ClO/c17-16-5-3-12(4-6-16)15(10-18)9-14-8-11-1-2-13(14)7-11/h3-6,11,13-15,18H,1-2,7-10H2. The molecule has 4 unspecified atom stereocenters. The molecule has 98 valence electrons. The van der Waals surface area contributed by atoms with Crippen molar-refractivity contribution in [2.45, 2.75) is 38.0 Å². The Morgan fingerprint density at radius 1 is 1.17 bits per heavy atom. The minimum atomic E-state index is 0.259. The van der Waals surface area contributed by atoms with Gasteiger partial charge in [-0.3, -0.25) is 0 Å². The average molecular weight is 265 g/mol. The van der Waals surface area contributed by atoms with E-state index in [1.807, 2.05) is 12.1 Å². The zero-order chi connectivity index (χ0) is 12.5. The highest BCUT2D eigenvalue weighted by molar-refractivity contribution is 6.30. The zero-order valence-electron chi connectivity index (χ0n) is 10.7. The van der Waals surface area contributed by atoms with E-state index in [0.717, 1.165) is 29.2 Å². The predicted molar refractivity (Wildman–Crippen MR) is 74.8 cm³/mol. The maximum Gasteiger partial charge on any atom is 0.0499 e. The highest BCUT2D eigenvalue weighted by atomic mass is 35.5. The lowest BCUT2D eigenvalue weighted by molar-refractivity contribution is 0.219. The van der Waals surface area contributed by atoms with Gasteiger partial charge >= 0.3 is 0 Å². The first-order valence-corrected chi connectivity index (χ1v) is 7.50. The molecule has 0 radical (unpaired) electrons. The third-order valence-electron chi connectivity index (χ3n) is 5.03. The monoisotopic (exact) mass is 264 g/mol. The Hall–Kier alpha value is -0.530. The molecule has 2 heteroatoms. The Kier molecular flexibility index (Phi) is 3.63. The SMILES string of the molecule is OCC(CC1CC2CCC1C2)c1ccc(Cl)cc1. The minimum absolute atomic E-state index is 0.259. The van der Waals surface area contributed by atoms with E-state index in [2.05, 4.69) is 12.1 Å². The molecule has 0 saturated heterocycles. The van der Waals surface area contributed by atoms with Crippen LogP contribution in [0.2, 0.25) is 5.02 Å². The molecule has 2 saturated carbocycles. The topological polar surface area (TPSA) is 20.2 Å². The minimum Gasteiger partial charge on any atom is -0.396 e. The summed E-state index contributed by atoms with van der Waals surface area (Å²) in [5.74, 6) is 3.07. The van der Waals surface area contributed by atoms with Gasteiger partial charge in [-0.05, 0) is 61.1 Å². The molecule has 18 heavy (non-hydrogen) atoms. The summed E-state index contributed by atoms with van der Waals surface area (Å²) in [6.45, 7) is 0.259. The molecule has 1 nitrogen and oxygen atoms in total. The summed E-state index contributed by atoms with van der Waals surface area (Å²) in [5, 5.41) is 10.4. The van der Waals surface area contributed by atoms with Crippen LogP contribution < -0.4 is 0 Å². The molecule has 2 bridgehead atoms. The summed E-state index contributed by atoms with van der Waals surface area (Å²) in [6, 6.07) is 7.99. The van der Waals surface area contributed by atoms with Crippen molar-refractivity contribution < 1.29 is 5.11 Å². The summed E-state index contributed by atoms with van der Waals surface area (Å²) in [4.78, 5) is 0. The largest absolute Gasteiger partial charge is 0.396 e. The van der Waals surface area contributed by atoms with Gasteiger partial charge in [0, 0.05) is 17.5 Å². The fourth-order valence-electron chi connectivity index (χ4n) is 4.08. The molecular formula is C16H21ClO. The van der Waals surface area contributed by atoms with Crippen molar-refractivity contribution >= 4 is 11.6 Å². The maximum absolute atomic E-state index is 9.65. The van der Waals surface area contributed by atoms with E-state index in [4.69, 9.17) is 11.6 Å². The maximum atomic E-state index is 9.65. The van der Waals surface area contributed by atoms with Crippen LogP contribution >= 0.6 is 11.6 Å². The van der Waals surface area contributed by atoms with E-state index < -0.39 is 0 Å². The van der Waals surface area contributed by atoms with Crippen LogP contribution in [0.15, 0.2) is 24.3 Å². The van der Waals surface area contributed by atoms with Gasteiger partial charge in [-0.15, -0.1) is 0 Å². The molecule has 0 aromatic heterocycles. The van der Waals surface area contributed by atoms with Crippen LogP contribution in [-0.2, 0) is 0 Å². The first kappa shape index (κ1) is 12.5. The molecule has 1 aromatic carbocycles. The Morgan fingerprint density at radius 2 is 1.94 bits per heavy atom. The number of hydrogen-bond acceptors (Lipinski definition) is 1. The Balaban J connectivity index is 1.67. The molecule has 2 aliphatic rings. The quantitative estimate of drug-likeness (QED) is 0.862. The number of rotatable bonds is 4. The lowest BCUT2D eigenvalue weighted by atomic mass is 9.80. The van der Waals surface area contributed by atoms with Gasteiger partial charge in [-0.25, -0.2) is 0 Å². The number of halogens is 1. The van der Waals surface area contributed by atoms with Crippen molar-refractivity contribution in [2.24, 2.45) is 17.8 Å². The number of hydrogen-bond donors (Lipinski definition) is 1. The van der Waals surface area contributed by atoms with Crippen molar-refractivity contribution in [3.05, 3.63) is 34.9 Å². The lowest BCUT2D eigenvalue weighted by Gasteiger charge is -2.26.